The summed E-state index contributed by atoms with van der Waals surface area (Å²) in [5, 5.41) is 2.96. The summed E-state index contributed by atoms with van der Waals surface area (Å²) in [7, 11) is 2.23. The number of hydrogen-bond donors (Lipinski definition) is 2. The van der Waals surface area contributed by atoms with Crippen LogP contribution in [0, 0.1) is 0 Å². The molecule has 3 rings (SSSR count). The first-order valence-corrected chi connectivity index (χ1v) is 9.36. The molecule has 1 saturated heterocycles. The highest BCUT2D eigenvalue weighted by atomic mass is 16.5. The van der Waals surface area contributed by atoms with E-state index in [0.29, 0.717) is 12.2 Å². The fraction of sp³-hybridized carbons (Fsp3) is 0.381. The molecule has 5 nitrogen and oxygen atoms in total. The van der Waals surface area contributed by atoms with E-state index in [-0.39, 0.29) is 5.91 Å². The number of rotatable bonds is 6. The Morgan fingerprint density at radius 3 is 2.35 bits per heavy atom. The summed E-state index contributed by atoms with van der Waals surface area (Å²) < 4.78 is 5.55. The van der Waals surface area contributed by atoms with Crippen LogP contribution in [-0.4, -0.2) is 45.7 Å². The van der Waals surface area contributed by atoms with Gasteiger partial charge in [-0.3, -0.25) is 4.79 Å². The highest BCUT2D eigenvalue weighted by molar-refractivity contribution is 6.04. The van der Waals surface area contributed by atoms with E-state index in [1.54, 1.807) is 17.0 Å². The van der Waals surface area contributed by atoms with Crippen molar-refractivity contribution in [3.63, 3.8) is 0 Å². The number of ether oxygens (including phenoxy) is 1. The fourth-order valence-corrected chi connectivity index (χ4v) is 3.03. The Morgan fingerprint density at radius 1 is 1.08 bits per heavy atom. The van der Waals surface area contributed by atoms with Gasteiger partial charge in [0.2, 0.25) is 0 Å². The summed E-state index contributed by atoms with van der Waals surface area (Å²) in [4.78, 5) is 16.4. The van der Waals surface area contributed by atoms with Gasteiger partial charge in [-0.1, -0.05) is 6.92 Å². The maximum atomic E-state index is 12.4. The number of hydrogen-bond acceptors (Lipinski definition) is 3. The van der Waals surface area contributed by atoms with Crippen LogP contribution in [-0.2, 0) is 0 Å². The molecule has 0 aliphatic carbocycles. The average molecular weight is 354 g/mol. The molecule has 138 valence electrons. The second-order valence-electron chi connectivity index (χ2n) is 6.82. The van der Waals surface area contributed by atoms with Crippen molar-refractivity contribution in [3.8, 4) is 5.75 Å². The van der Waals surface area contributed by atoms with Crippen LogP contribution in [0.2, 0.25) is 0 Å². The van der Waals surface area contributed by atoms with Crippen molar-refractivity contribution in [2.75, 3.05) is 50.1 Å². The number of anilines is 2. The van der Waals surface area contributed by atoms with Crippen LogP contribution < -0.4 is 19.9 Å². The maximum Gasteiger partial charge on any atom is 0.255 e. The number of carbonyl (C=O) groups is 1. The highest BCUT2D eigenvalue weighted by Gasteiger charge is 2.16. The first kappa shape index (κ1) is 18.3. The summed E-state index contributed by atoms with van der Waals surface area (Å²) in [5.41, 5.74) is 2.65. The molecule has 5 heteroatoms. The predicted molar refractivity (Wildman–Crippen MR) is 105 cm³/mol. The normalized spacial score (nSPS) is 14.9. The van der Waals surface area contributed by atoms with Crippen molar-refractivity contribution in [2.45, 2.75) is 13.3 Å². The topological polar surface area (TPSA) is 46.0 Å². The van der Waals surface area contributed by atoms with Crippen LogP contribution in [0.5, 0.6) is 5.75 Å². The minimum absolute atomic E-state index is 0.108. The van der Waals surface area contributed by atoms with E-state index in [9.17, 15) is 4.79 Å². The number of nitrogens with one attached hydrogen (secondary N) is 2. The second kappa shape index (κ2) is 8.72. The fourth-order valence-electron chi connectivity index (χ4n) is 3.03. The van der Waals surface area contributed by atoms with E-state index in [2.05, 4.69) is 36.3 Å². The Bertz CT molecular complexity index is 705. The minimum Gasteiger partial charge on any atom is -0.494 e. The SMILES string of the molecule is CCCOc1ccc(C(=O)Nc2ccc(N3CC[NH+](C)CC3)cc2)cc1. The van der Waals surface area contributed by atoms with Crippen LogP contribution in [0.3, 0.4) is 0 Å². The van der Waals surface area contributed by atoms with Gasteiger partial charge in [0.05, 0.1) is 39.8 Å². The lowest BCUT2D eigenvalue weighted by Gasteiger charge is -2.31. The molecular weight excluding hydrogens is 326 g/mol. The zero-order valence-corrected chi connectivity index (χ0v) is 15.6. The highest BCUT2D eigenvalue weighted by Crippen LogP contribution is 2.19. The molecule has 2 aromatic carbocycles. The van der Waals surface area contributed by atoms with Gasteiger partial charge in [0.15, 0.2) is 0 Å². The average Bonchev–Trinajstić information content (AvgIpc) is 2.68. The van der Waals surface area contributed by atoms with Crippen molar-refractivity contribution in [2.24, 2.45) is 0 Å². The zero-order valence-electron chi connectivity index (χ0n) is 15.6. The van der Waals surface area contributed by atoms with Gasteiger partial charge in [0.25, 0.3) is 5.91 Å². The molecule has 2 N–H and O–H groups in total. The van der Waals surface area contributed by atoms with E-state index in [1.165, 1.54) is 5.69 Å². The van der Waals surface area contributed by atoms with Gasteiger partial charge in [0, 0.05) is 16.9 Å². The Labute approximate surface area is 155 Å². The smallest absolute Gasteiger partial charge is 0.255 e. The molecule has 1 heterocycles. The molecule has 0 saturated carbocycles. The minimum atomic E-state index is -0.108. The summed E-state index contributed by atoms with van der Waals surface area (Å²) in [6, 6.07) is 15.4. The summed E-state index contributed by atoms with van der Waals surface area (Å²) in [5.74, 6) is 0.685. The summed E-state index contributed by atoms with van der Waals surface area (Å²) in [6.07, 6.45) is 0.966. The number of amides is 1. The van der Waals surface area contributed by atoms with Gasteiger partial charge in [0.1, 0.15) is 5.75 Å². The van der Waals surface area contributed by atoms with Gasteiger partial charge in [-0.2, -0.15) is 0 Å². The first-order chi connectivity index (χ1) is 12.7. The van der Waals surface area contributed by atoms with Crippen LogP contribution in [0.4, 0.5) is 11.4 Å². The Hall–Kier alpha value is -2.53. The maximum absolute atomic E-state index is 12.4. The molecular formula is C21H28N3O2+. The lowest BCUT2D eigenvalue weighted by molar-refractivity contribution is -0.880. The zero-order chi connectivity index (χ0) is 18.4. The van der Waals surface area contributed by atoms with Gasteiger partial charge in [-0.15, -0.1) is 0 Å². The van der Waals surface area contributed by atoms with E-state index in [0.717, 1.165) is 44.0 Å². The molecule has 1 aliphatic heterocycles. The van der Waals surface area contributed by atoms with Crippen LogP contribution in [0.1, 0.15) is 23.7 Å². The first-order valence-electron chi connectivity index (χ1n) is 9.36. The molecule has 0 atom stereocenters. The molecule has 0 spiro atoms. The molecule has 0 radical (unpaired) electrons. The van der Waals surface area contributed by atoms with Gasteiger partial charge >= 0.3 is 0 Å². The third-order valence-electron chi connectivity index (χ3n) is 4.70. The van der Waals surface area contributed by atoms with Gasteiger partial charge in [-0.05, 0) is 55.0 Å². The quantitative estimate of drug-likeness (QED) is 0.835. The van der Waals surface area contributed by atoms with Crippen molar-refractivity contribution in [3.05, 3.63) is 54.1 Å². The predicted octanol–water partition coefficient (Wildman–Crippen LogP) is 2.06. The Morgan fingerprint density at radius 2 is 1.73 bits per heavy atom. The number of benzene rings is 2. The lowest BCUT2D eigenvalue weighted by atomic mass is 10.2. The standard InChI is InChI=1S/C21H27N3O2/c1-3-16-26-20-10-4-17(5-11-20)21(25)22-18-6-8-19(9-7-18)24-14-12-23(2)13-15-24/h4-11H,3,12-16H2,1-2H3,(H,22,25)/p+1. The van der Waals surface area contributed by atoms with E-state index < -0.39 is 0 Å². The molecule has 0 aromatic heterocycles. The molecule has 1 amide bonds. The Kier molecular flexibility index (Phi) is 6.12. The number of likely N-dealkylation sites (N-methyl/N-ethyl adjacent to an activating group) is 1. The Balaban J connectivity index is 1.57. The van der Waals surface area contributed by atoms with Crippen molar-refractivity contribution < 1.29 is 14.4 Å². The lowest BCUT2D eigenvalue weighted by Crippen LogP contribution is -3.12. The van der Waals surface area contributed by atoms with Crippen LogP contribution >= 0.6 is 0 Å². The van der Waals surface area contributed by atoms with E-state index in [1.807, 2.05) is 24.3 Å². The second-order valence-corrected chi connectivity index (χ2v) is 6.82. The van der Waals surface area contributed by atoms with Crippen LogP contribution in [0.15, 0.2) is 48.5 Å². The van der Waals surface area contributed by atoms with Gasteiger partial charge < -0.3 is 19.9 Å². The number of carbonyl (C=O) groups excluding carboxylic acids is 1. The van der Waals surface area contributed by atoms with Crippen molar-refractivity contribution in [1.82, 2.24) is 0 Å². The van der Waals surface area contributed by atoms with E-state index >= 15 is 0 Å². The molecule has 26 heavy (non-hydrogen) atoms. The molecule has 0 bridgehead atoms. The third-order valence-corrected chi connectivity index (χ3v) is 4.70. The molecule has 1 fully saturated rings. The summed E-state index contributed by atoms with van der Waals surface area (Å²) in [6.45, 7) is 7.23. The molecule has 2 aromatic rings. The number of piperazine rings is 1. The van der Waals surface area contributed by atoms with Crippen molar-refractivity contribution >= 4 is 17.3 Å². The number of nitrogens with zero attached hydrogens (tertiary/aromatic N) is 1. The largest absolute Gasteiger partial charge is 0.494 e. The van der Waals surface area contributed by atoms with Crippen molar-refractivity contribution in [1.29, 1.82) is 0 Å². The van der Waals surface area contributed by atoms with E-state index in [4.69, 9.17) is 4.74 Å². The van der Waals surface area contributed by atoms with Crippen LogP contribution in [0.25, 0.3) is 0 Å². The third kappa shape index (κ3) is 4.76. The molecule has 1 aliphatic rings. The monoisotopic (exact) mass is 354 g/mol. The number of quaternary nitrogens is 1. The molecule has 0 unspecified atom stereocenters. The summed E-state index contributed by atoms with van der Waals surface area (Å²) >= 11 is 0. The van der Waals surface area contributed by atoms with Gasteiger partial charge in [-0.25, -0.2) is 0 Å².